The summed E-state index contributed by atoms with van der Waals surface area (Å²) in [6.07, 6.45) is 0.713. The van der Waals surface area contributed by atoms with Crippen molar-refractivity contribution in [2.75, 3.05) is 0 Å². The average molecular weight is 318 g/mol. The van der Waals surface area contributed by atoms with Gasteiger partial charge in [0.05, 0.1) is 10.6 Å². The fourth-order valence-electron chi connectivity index (χ4n) is 2.73. The Morgan fingerprint density at radius 3 is 2.45 bits per heavy atom. The molecule has 1 saturated heterocycles. The molecule has 112 valence electrons. The highest BCUT2D eigenvalue weighted by Crippen LogP contribution is 2.42. The van der Waals surface area contributed by atoms with Crippen LogP contribution in [0.2, 0.25) is 10.0 Å². The van der Waals surface area contributed by atoms with Crippen LogP contribution in [-0.2, 0) is 11.3 Å². The maximum absolute atomic E-state index is 6.25. The van der Waals surface area contributed by atoms with Gasteiger partial charge in [0.15, 0.2) is 0 Å². The van der Waals surface area contributed by atoms with Gasteiger partial charge in [-0.25, -0.2) is 0 Å². The van der Waals surface area contributed by atoms with Crippen LogP contribution in [0.15, 0.2) is 12.1 Å². The monoisotopic (exact) mass is 317 g/mol. The summed E-state index contributed by atoms with van der Waals surface area (Å²) in [6.45, 7) is 8.50. The van der Waals surface area contributed by atoms with E-state index in [9.17, 15) is 0 Å². The molecule has 1 atom stereocenters. The first kappa shape index (κ1) is 15.9. The van der Waals surface area contributed by atoms with Gasteiger partial charge in [-0.1, -0.05) is 23.2 Å². The molecule has 0 radical (unpaired) electrons. The van der Waals surface area contributed by atoms with Crippen molar-refractivity contribution >= 4 is 23.2 Å². The molecule has 1 aliphatic heterocycles. The molecule has 1 aromatic carbocycles. The summed E-state index contributed by atoms with van der Waals surface area (Å²) in [4.78, 5) is 0. The summed E-state index contributed by atoms with van der Waals surface area (Å²) in [6, 6.07) is 3.46. The predicted octanol–water partition coefficient (Wildman–Crippen LogP) is 4.18. The fourth-order valence-corrected chi connectivity index (χ4v) is 3.31. The van der Waals surface area contributed by atoms with Crippen LogP contribution in [0, 0.1) is 0 Å². The van der Waals surface area contributed by atoms with Crippen molar-refractivity contribution in [1.29, 1.82) is 0 Å². The Labute approximate surface area is 130 Å². The normalized spacial score (nSPS) is 23.9. The molecular weight excluding hydrogens is 297 g/mol. The molecule has 1 heterocycles. The standard InChI is InChI=1S/C15H21Cl2NO2/c1-14(2)7-12(15(3,4)20-14)19-13-9(8-18)5-10(16)6-11(13)17/h5-6,12H,7-8,18H2,1-4H3. The third-order valence-electron chi connectivity index (χ3n) is 3.56. The first-order chi connectivity index (χ1) is 9.14. The van der Waals surface area contributed by atoms with Gasteiger partial charge in [-0.3, -0.25) is 0 Å². The highest BCUT2D eigenvalue weighted by molar-refractivity contribution is 6.35. The molecule has 1 fully saturated rings. The Morgan fingerprint density at radius 2 is 1.95 bits per heavy atom. The summed E-state index contributed by atoms with van der Waals surface area (Å²) in [7, 11) is 0. The van der Waals surface area contributed by atoms with E-state index in [-0.39, 0.29) is 17.3 Å². The molecule has 5 heteroatoms. The van der Waals surface area contributed by atoms with Crippen LogP contribution < -0.4 is 10.5 Å². The fraction of sp³-hybridized carbons (Fsp3) is 0.600. The van der Waals surface area contributed by atoms with Crippen molar-refractivity contribution in [3.63, 3.8) is 0 Å². The van der Waals surface area contributed by atoms with Crippen LogP contribution in [0.4, 0.5) is 0 Å². The molecule has 0 spiro atoms. The summed E-state index contributed by atoms with van der Waals surface area (Å²) in [5, 5.41) is 1.04. The highest BCUT2D eigenvalue weighted by Gasteiger charge is 2.47. The number of rotatable bonds is 3. The van der Waals surface area contributed by atoms with Gasteiger partial charge >= 0.3 is 0 Å². The van der Waals surface area contributed by atoms with E-state index in [1.54, 1.807) is 12.1 Å². The molecule has 0 bridgehead atoms. The largest absolute Gasteiger partial charge is 0.485 e. The molecule has 0 amide bonds. The van der Waals surface area contributed by atoms with Crippen molar-refractivity contribution in [1.82, 2.24) is 0 Å². The molecule has 1 aromatic rings. The topological polar surface area (TPSA) is 44.5 Å². The van der Waals surface area contributed by atoms with E-state index in [1.165, 1.54) is 0 Å². The third kappa shape index (κ3) is 3.22. The molecule has 1 unspecified atom stereocenters. The van der Waals surface area contributed by atoms with Gasteiger partial charge in [-0.05, 0) is 39.8 Å². The van der Waals surface area contributed by atoms with Crippen molar-refractivity contribution in [2.45, 2.75) is 58.0 Å². The highest BCUT2D eigenvalue weighted by atomic mass is 35.5. The van der Waals surface area contributed by atoms with E-state index < -0.39 is 0 Å². The van der Waals surface area contributed by atoms with Crippen LogP contribution in [0.3, 0.4) is 0 Å². The van der Waals surface area contributed by atoms with E-state index >= 15 is 0 Å². The molecular formula is C15H21Cl2NO2. The number of hydrogen-bond acceptors (Lipinski definition) is 3. The number of benzene rings is 1. The van der Waals surface area contributed by atoms with Crippen LogP contribution >= 0.6 is 23.2 Å². The van der Waals surface area contributed by atoms with Gasteiger partial charge in [0, 0.05) is 23.6 Å². The van der Waals surface area contributed by atoms with E-state index in [0.29, 0.717) is 22.3 Å². The Morgan fingerprint density at radius 1 is 1.30 bits per heavy atom. The molecule has 0 saturated carbocycles. The summed E-state index contributed by atoms with van der Waals surface area (Å²) >= 11 is 12.2. The second kappa shape index (κ2) is 5.38. The van der Waals surface area contributed by atoms with E-state index in [0.717, 1.165) is 12.0 Å². The minimum absolute atomic E-state index is 0.0820. The second-order valence-electron chi connectivity index (χ2n) is 6.36. The van der Waals surface area contributed by atoms with Gasteiger partial charge in [-0.2, -0.15) is 0 Å². The second-order valence-corrected chi connectivity index (χ2v) is 7.20. The van der Waals surface area contributed by atoms with E-state index in [2.05, 4.69) is 13.8 Å². The zero-order chi connectivity index (χ0) is 15.1. The molecule has 1 aliphatic rings. The number of ether oxygens (including phenoxy) is 2. The van der Waals surface area contributed by atoms with Gasteiger partial charge < -0.3 is 15.2 Å². The van der Waals surface area contributed by atoms with Crippen LogP contribution in [0.5, 0.6) is 5.75 Å². The Balaban J connectivity index is 2.31. The maximum Gasteiger partial charge on any atom is 0.143 e. The number of hydrogen-bond donors (Lipinski definition) is 1. The Bertz CT molecular complexity index is 515. The zero-order valence-corrected chi connectivity index (χ0v) is 13.8. The number of halogens is 2. The number of nitrogens with two attached hydrogens (primary N) is 1. The minimum atomic E-state index is -0.377. The first-order valence-electron chi connectivity index (χ1n) is 6.69. The quantitative estimate of drug-likeness (QED) is 0.909. The Kier molecular flexibility index (Phi) is 4.27. The maximum atomic E-state index is 6.25. The predicted molar refractivity (Wildman–Crippen MR) is 82.6 cm³/mol. The lowest BCUT2D eigenvalue weighted by atomic mass is 9.97. The van der Waals surface area contributed by atoms with Gasteiger partial charge in [0.1, 0.15) is 17.5 Å². The average Bonchev–Trinajstić information content (AvgIpc) is 2.49. The zero-order valence-electron chi connectivity index (χ0n) is 12.3. The lowest BCUT2D eigenvalue weighted by Crippen LogP contribution is -2.37. The summed E-state index contributed by atoms with van der Waals surface area (Å²) < 4.78 is 12.2. The molecule has 2 N–H and O–H groups in total. The molecule has 2 rings (SSSR count). The van der Waals surface area contributed by atoms with Crippen LogP contribution in [0.1, 0.15) is 39.7 Å². The molecule has 3 nitrogen and oxygen atoms in total. The first-order valence-corrected chi connectivity index (χ1v) is 7.45. The SMILES string of the molecule is CC1(C)CC(Oc2c(Cl)cc(Cl)cc2CN)C(C)(C)O1. The van der Waals surface area contributed by atoms with Crippen LogP contribution in [0.25, 0.3) is 0 Å². The third-order valence-corrected chi connectivity index (χ3v) is 4.06. The molecule has 0 aromatic heterocycles. The molecule has 20 heavy (non-hydrogen) atoms. The van der Waals surface area contributed by atoms with Crippen molar-refractivity contribution < 1.29 is 9.47 Å². The van der Waals surface area contributed by atoms with Gasteiger partial charge in [0.2, 0.25) is 0 Å². The van der Waals surface area contributed by atoms with Crippen molar-refractivity contribution in [2.24, 2.45) is 5.73 Å². The lowest BCUT2D eigenvalue weighted by molar-refractivity contribution is -0.0846. The van der Waals surface area contributed by atoms with Crippen LogP contribution in [-0.4, -0.2) is 17.3 Å². The summed E-state index contributed by atoms with van der Waals surface area (Å²) in [5.41, 5.74) is 5.97. The van der Waals surface area contributed by atoms with Gasteiger partial charge in [-0.15, -0.1) is 0 Å². The van der Waals surface area contributed by atoms with Gasteiger partial charge in [0.25, 0.3) is 0 Å². The van der Waals surface area contributed by atoms with Crippen molar-refractivity contribution in [3.05, 3.63) is 27.7 Å². The summed E-state index contributed by atoms with van der Waals surface area (Å²) in [5.74, 6) is 0.609. The smallest absolute Gasteiger partial charge is 0.143 e. The van der Waals surface area contributed by atoms with Crippen molar-refractivity contribution in [3.8, 4) is 5.75 Å². The Hall–Kier alpha value is -0.480. The lowest BCUT2D eigenvalue weighted by Gasteiger charge is -2.28. The van der Waals surface area contributed by atoms with E-state index in [4.69, 9.17) is 38.4 Å². The van der Waals surface area contributed by atoms with E-state index in [1.807, 2.05) is 13.8 Å². The molecule has 0 aliphatic carbocycles. The minimum Gasteiger partial charge on any atom is -0.485 e.